The van der Waals surface area contributed by atoms with Crippen LogP contribution in [0.25, 0.3) is 0 Å². The van der Waals surface area contributed by atoms with Crippen LogP contribution >= 0.6 is 0 Å². The van der Waals surface area contributed by atoms with Gasteiger partial charge in [0.15, 0.2) is 0 Å². The van der Waals surface area contributed by atoms with Crippen LogP contribution in [-0.4, -0.2) is 5.11 Å². The van der Waals surface area contributed by atoms with Gasteiger partial charge in [-0.3, -0.25) is 0 Å². The molecule has 1 aromatic carbocycles. The van der Waals surface area contributed by atoms with Crippen molar-refractivity contribution < 1.29 is 5.11 Å². The van der Waals surface area contributed by atoms with Crippen LogP contribution in [0.3, 0.4) is 0 Å². The molecule has 0 unspecified atom stereocenters. The summed E-state index contributed by atoms with van der Waals surface area (Å²) in [4.78, 5) is 0. The average Bonchev–Trinajstić information content (AvgIpc) is 2.52. The highest BCUT2D eigenvalue weighted by Gasteiger charge is 1.92. The second-order valence-corrected chi connectivity index (χ2v) is 5.93. The first kappa shape index (κ1) is 18.5. The Bertz CT molecular complexity index is 431. The van der Waals surface area contributed by atoms with Gasteiger partial charge in [0.2, 0.25) is 0 Å². The van der Waals surface area contributed by atoms with Crippen molar-refractivity contribution in [3.05, 3.63) is 54.1 Å². The van der Waals surface area contributed by atoms with Gasteiger partial charge >= 0.3 is 0 Å². The summed E-state index contributed by atoms with van der Waals surface area (Å²) in [5.74, 6) is 0.366. The van der Waals surface area contributed by atoms with Crippen LogP contribution in [0.15, 0.2) is 48.6 Å². The SMILES string of the molecule is CCCC/C=C/CCCCC/C=C/CCc1cccc(O)c1. The zero-order valence-corrected chi connectivity index (χ0v) is 14.1. The number of phenols is 1. The summed E-state index contributed by atoms with van der Waals surface area (Å²) in [6.45, 7) is 2.24. The highest BCUT2D eigenvalue weighted by molar-refractivity contribution is 5.27. The standard InChI is InChI=1S/C21H32O/c1-2-3-4-5-6-7-8-9-10-11-12-13-14-16-20-17-15-18-21(22)19-20/h5-6,12-13,15,17-19,22H,2-4,7-11,14,16H2,1H3/b6-5+,13-12+. The fourth-order valence-electron chi connectivity index (χ4n) is 2.46. The molecule has 1 nitrogen and oxygen atoms in total. The van der Waals surface area contributed by atoms with E-state index in [4.69, 9.17) is 0 Å². The summed E-state index contributed by atoms with van der Waals surface area (Å²) in [5, 5.41) is 9.39. The van der Waals surface area contributed by atoms with Gasteiger partial charge in [0.1, 0.15) is 5.75 Å². The van der Waals surface area contributed by atoms with Gasteiger partial charge in [-0.2, -0.15) is 0 Å². The molecule has 1 N–H and O–H groups in total. The van der Waals surface area contributed by atoms with Gasteiger partial charge in [-0.15, -0.1) is 0 Å². The highest BCUT2D eigenvalue weighted by Crippen LogP contribution is 2.13. The van der Waals surface area contributed by atoms with Crippen LogP contribution in [0.4, 0.5) is 0 Å². The van der Waals surface area contributed by atoms with Crippen molar-refractivity contribution in [1.29, 1.82) is 0 Å². The maximum absolute atomic E-state index is 9.39. The van der Waals surface area contributed by atoms with Crippen molar-refractivity contribution in [2.75, 3.05) is 0 Å². The molecule has 0 radical (unpaired) electrons. The molecule has 1 heteroatoms. The molecule has 0 amide bonds. The predicted octanol–water partition coefficient (Wildman–Crippen LogP) is 6.58. The van der Waals surface area contributed by atoms with Gasteiger partial charge in [0, 0.05) is 0 Å². The van der Waals surface area contributed by atoms with Crippen molar-refractivity contribution in [3.63, 3.8) is 0 Å². The Kier molecular flexibility index (Phi) is 11.1. The Morgan fingerprint density at radius 1 is 0.818 bits per heavy atom. The maximum atomic E-state index is 9.39. The smallest absolute Gasteiger partial charge is 0.115 e. The summed E-state index contributed by atoms with van der Waals surface area (Å²) in [7, 11) is 0. The fourth-order valence-corrected chi connectivity index (χ4v) is 2.46. The Hall–Kier alpha value is -1.50. The summed E-state index contributed by atoms with van der Waals surface area (Å²) >= 11 is 0. The molecule has 22 heavy (non-hydrogen) atoms. The molecule has 0 aliphatic carbocycles. The minimum Gasteiger partial charge on any atom is -0.508 e. The van der Waals surface area contributed by atoms with Crippen LogP contribution in [0.5, 0.6) is 5.75 Å². The van der Waals surface area contributed by atoms with E-state index in [1.807, 2.05) is 12.1 Å². The highest BCUT2D eigenvalue weighted by atomic mass is 16.3. The normalized spacial score (nSPS) is 11.7. The lowest BCUT2D eigenvalue weighted by atomic mass is 10.1. The molecule has 0 spiro atoms. The van der Waals surface area contributed by atoms with Gasteiger partial charge in [-0.25, -0.2) is 0 Å². The third-order valence-corrected chi connectivity index (χ3v) is 3.81. The number of rotatable bonds is 12. The van der Waals surface area contributed by atoms with Crippen LogP contribution in [0.1, 0.15) is 70.3 Å². The van der Waals surface area contributed by atoms with E-state index in [1.54, 1.807) is 6.07 Å². The zero-order chi connectivity index (χ0) is 15.9. The van der Waals surface area contributed by atoms with E-state index in [0.717, 1.165) is 12.8 Å². The lowest BCUT2D eigenvalue weighted by molar-refractivity contribution is 0.474. The van der Waals surface area contributed by atoms with Gasteiger partial charge in [-0.05, 0) is 62.6 Å². The first-order valence-electron chi connectivity index (χ1n) is 8.91. The molecular formula is C21H32O. The van der Waals surface area contributed by atoms with Crippen LogP contribution in [-0.2, 0) is 6.42 Å². The van der Waals surface area contributed by atoms with E-state index in [9.17, 15) is 5.11 Å². The summed E-state index contributed by atoms with van der Waals surface area (Å²) < 4.78 is 0. The summed E-state index contributed by atoms with van der Waals surface area (Å²) in [5.41, 5.74) is 1.21. The minimum absolute atomic E-state index is 0.366. The van der Waals surface area contributed by atoms with Gasteiger partial charge in [0.05, 0.1) is 0 Å². The maximum Gasteiger partial charge on any atom is 0.115 e. The lowest BCUT2D eigenvalue weighted by Crippen LogP contribution is -1.82. The largest absolute Gasteiger partial charge is 0.508 e. The molecule has 0 heterocycles. The van der Waals surface area contributed by atoms with Gasteiger partial charge < -0.3 is 5.11 Å². The third-order valence-electron chi connectivity index (χ3n) is 3.81. The van der Waals surface area contributed by atoms with E-state index in [0.29, 0.717) is 5.75 Å². The Morgan fingerprint density at radius 3 is 2.09 bits per heavy atom. The zero-order valence-electron chi connectivity index (χ0n) is 14.1. The van der Waals surface area contributed by atoms with E-state index in [-0.39, 0.29) is 0 Å². The van der Waals surface area contributed by atoms with E-state index < -0.39 is 0 Å². The second-order valence-electron chi connectivity index (χ2n) is 5.93. The Labute approximate surface area is 136 Å². The first-order chi connectivity index (χ1) is 10.8. The number of unbranched alkanes of at least 4 members (excludes halogenated alkanes) is 6. The molecule has 1 aromatic rings. The molecule has 0 aliphatic heterocycles. The summed E-state index contributed by atoms with van der Waals surface area (Å²) in [6.07, 6.45) is 21.6. The Morgan fingerprint density at radius 2 is 1.45 bits per heavy atom. The molecular weight excluding hydrogens is 268 g/mol. The molecule has 0 saturated carbocycles. The minimum atomic E-state index is 0.366. The average molecular weight is 300 g/mol. The monoisotopic (exact) mass is 300 g/mol. The molecule has 1 rings (SSSR count). The first-order valence-corrected chi connectivity index (χ1v) is 8.91. The molecule has 0 saturated heterocycles. The van der Waals surface area contributed by atoms with Crippen molar-refractivity contribution in [1.82, 2.24) is 0 Å². The fraction of sp³-hybridized carbons (Fsp3) is 0.524. The van der Waals surface area contributed by atoms with Crippen molar-refractivity contribution in [2.24, 2.45) is 0 Å². The number of aryl methyl sites for hydroxylation is 1. The third kappa shape index (κ3) is 10.3. The molecule has 0 atom stereocenters. The molecule has 122 valence electrons. The number of allylic oxidation sites excluding steroid dienone is 4. The van der Waals surface area contributed by atoms with Crippen LogP contribution in [0, 0.1) is 0 Å². The number of hydrogen-bond acceptors (Lipinski definition) is 1. The quantitative estimate of drug-likeness (QED) is 0.341. The lowest BCUT2D eigenvalue weighted by Gasteiger charge is -1.99. The van der Waals surface area contributed by atoms with E-state index in [1.165, 1.54) is 56.9 Å². The van der Waals surface area contributed by atoms with Crippen molar-refractivity contribution in [3.8, 4) is 5.75 Å². The number of aromatic hydroxyl groups is 1. The summed E-state index contributed by atoms with van der Waals surface area (Å²) in [6, 6.07) is 7.55. The molecule has 0 aromatic heterocycles. The number of hydrogen-bond donors (Lipinski definition) is 1. The number of benzene rings is 1. The van der Waals surface area contributed by atoms with E-state index in [2.05, 4.69) is 37.3 Å². The second kappa shape index (κ2) is 13.2. The van der Waals surface area contributed by atoms with Crippen LogP contribution in [0.2, 0.25) is 0 Å². The molecule has 0 aliphatic rings. The topological polar surface area (TPSA) is 20.2 Å². The van der Waals surface area contributed by atoms with Crippen molar-refractivity contribution in [2.45, 2.75) is 71.1 Å². The predicted molar refractivity (Wildman–Crippen MR) is 97.3 cm³/mol. The molecule has 0 fully saturated rings. The number of phenolic OH excluding ortho intramolecular Hbond substituents is 1. The van der Waals surface area contributed by atoms with Gasteiger partial charge in [-0.1, -0.05) is 62.6 Å². The van der Waals surface area contributed by atoms with Gasteiger partial charge in [0.25, 0.3) is 0 Å². The van der Waals surface area contributed by atoms with Crippen molar-refractivity contribution >= 4 is 0 Å². The Balaban J connectivity index is 1.93. The van der Waals surface area contributed by atoms with Crippen LogP contribution < -0.4 is 0 Å². The van der Waals surface area contributed by atoms with E-state index >= 15 is 0 Å². The molecule has 0 bridgehead atoms.